The number of halogens is 2. The van der Waals surface area contributed by atoms with Crippen LogP contribution in [-0.4, -0.2) is 94.8 Å². The van der Waals surface area contributed by atoms with Crippen molar-refractivity contribution >= 4 is 45.7 Å². The third kappa shape index (κ3) is 8.91. The first-order valence-electron chi connectivity index (χ1n) is 13.9. The SMILES string of the molecule is COCCOCCOCC(=O)n1c(=O)ccc2ccc(OCCCCN3CCN(c4cccc(Cl)c4Cl)CC3)cc21. The quantitative estimate of drug-likeness (QED) is 0.232. The van der Waals surface area contributed by atoms with Crippen molar-refractivity contribution in [3.63, 3.8) is 0 Å². The largest absolute Gasteiger partial charge is 0.494 e. The van der Waals surface area contributed by atoms with E-state index >= 15 is 0 Å². The maximum atomic E-state index is 12.8. The molecule has 0 N–H and O–H groups in total. The molecule has 2 heterocycles. The molecule has 4 rings (SSSR count). The summed E-state index contributed by atoms with van der Waals surface area (Å²) >= 11 is 12.6. The molecule has 1 saturated heterocycles. The minimum atomic E-state index is -0.438. The number of fused-ring (bicyclic) bond motifs is 1. The molecule has 0 saturated carbocycles. The Bertz CT molecular complexity index is 1340. The summed E-state index contributed by atoms with van der Waals surface area (Å²) in [4.78, 5) is 30.1. The van der Waals surface area contributed by atoms with Gasteiger partial charge in [-0.15, -0.1) is 0 Å². The van der Waals surface area contributed by atoms with Gasteiger partial charge in [0, 0.05) is 45.4 Å². The maximum Gasteiger partial charge on any atom is 0.260 e. The highest BCUT2D eigenvalue weighted by Crippen LogP contribution is 2.32. The lowest BCUT2D eigenvalue weighted by atomic mass is 10.2. The molecule has 1 fully saturated rings. The molecule has 0 amide bonds. The van der Waals surface area contributed by atoms with Gasteiger partial charge in [-0.3, -0.25) is 14.5 Å². The van der Waals surface area contributed by atoms with Crippen LogP contribution in [0.5, 0.6) is 5.75 Å². The van der Waals surface area contributed by atoms with E-state index in [0.29, 0.717) is 47.7 Å². The highest BCUT2D eigenvalue weighted by atomic mass is 35.5. The highest BCUT2D eigenvalue weighted by molar-refractivity contribution is 6.43. The fraction of sp³-hybridized carbons (Fsp3) is 0.467. The average Bonchev–Trinajstić information content (AvgIpc) is 2.98. The van der Waals surface area contributed by atoms with Gasteiger partial charge in [0.05, 0.1) is 54.3 Å². The first-order valence-corrected chi connectivity index (χ1v) is 14.6. The number of carbonyl (C=O) groups excluding carboxylic acids is 1. The van der Waals surface area contributed by atoms with E-state index in [1.807, 2.05) is 30.3 Å². The number of pyridine rings is 1. The number of rotatable bonds is 15. The minimum absolute atomic E-state index is 0.224. The van der Waals surface area contributed by atoms with Crippen LogP contribution in [0.2, 0.25) is 10.0 Å². The van der Waals surface area contributed by atoms with Crippen molar-refractivity contribution in [3.05, 3.63) is 68.9 Å². The Labute approximate surface area is 250 Å². The molecule has 9 nitrogen and oxygen atoms in total. The summed E-state index contributed by atoms with van der Waals surface area (Å²) in [5.74, 6) is 0.177. The number of nitrogens with zero attached hydrogens (tertiary/aromatic N) is 3. The molecule has 0 bridgehead atoms. The molecule has 1 aliphatic rings. The Morgan fingerprint density at radius 1 is 0.878 bits per heavy atom. The number of anilines is 1. The summed E-state index contributed by atoms with van der Waals surface area (Å²) in [7, 11) is 1.60. The molecular formula is C30H37Cl2N3O6. The molecule has 1 aliphatic heterocycles. The van der Waals surface area contributed by atoms with Crippen molar-refractivity contribution in [2.45, 2.75) is 12.8 Å². The minimum Gasteiger partial charge on any atom is -0.494 e. The number of hydrogen-bond acceptors (Lipinski definition) is 8. The number of carbonyl (C=O) groups is 1. The van der Waals surface area contributed by atoms with Crippen molar-refractivity contribution in [2.24, 2.45) is 0 Å². The Balaban J connectivity index is 1.21. The van der Waals surface area contributed by atoms with E-state index in [0.717, 1.165) is 61.2 Å². The third-order valence-electron chi connectivity index (χ3n) is 6.93. The fourth-order valence-corrected chi connectivity index (χ4v) is 5.14. The second-order valence-electron chi connectivity index (χ2n) is 9.74. The Hall–Kier alpha value is -2.66. The zero-order valence-corrected chi connectivity index (χ0v) is 24.9. The predicted octanol–water partition coefficient (Wildman–Crippen LogP) is 4.61. The molecule has 222 valence electrons. The van der Waals surface area contributed by atoms with Gasteiger partial charge in [0.25, 0.3) is 11.5 Å². The Morgan fingerprint density at radius 3 is 2.44 bits per heavy atom. The van der Waals surface area contributed by atoms with E-state index in [-0.39, 0.29) is 13.2 Å². The zero-order chi connectivity index (χ0) is 29.0. The van der Waals surface area contributed by atoms with Crippen molar-refractivity contribution in [1.82, 2.24) is 9.47 Å². The summed E-state index contributed by atoms with van der Waals surface area (Å²) in [5, 5.41) is 1.96. The lowest BCUT2D eigenvalue weighted by Gasteiger charge is -2.36. The van der Waals surface area contributed by atoms with E-state index in [1.54, 1.807) is 19.2 Å². The smallest absolute Gasteiger partial charge is 0.260 e. The Morgan fingerprint density at radius 2 is 1.63 bits per heavy atom. The Kier molecular flexibility index (Phi) is 12.3. The van der Waals surface area contributed by atoms with E-state index in [9.17, 15) is 9.59 Å². The van der Waals surface area contributed by atoms with Crippen molar-refractivity contribution in [1.29, 1.82) is 0 Å². The molecule has 3 aromatic rings. The number of piperazine rings is 1. The summed E-state index contributed by atoms with van der Waals surface area (Å²) in [6, 6.07) is 14.3. The molecule has 41 heavy (non-hydrogen) atoms. The second kappa shape index (κ2) is 16.1. The van der Waals surface area contributed by atoms with Crippen molar-refractivity contribution < 1.29 is 23.7 Å². The number of aromatic nitrogens is 1. The van der Waals surface area contributed by atoms with Crippen LogP contribution in [0.3, 0.4) is 0 Å². The van der Waals surface area contributed by atoms with E-state index in [4.69, 9.17) is 42.1 Å². The average molecular weight is 607 g/mol. The molecule has 0 unspecified atom stereocenters. The van der Waals surface area contributed by atoms with Crippen LogP contribution in [0.25, 0.3) is 10.9 Å². The van der Waals surface area contributed by atoms with E-state index in [2.05, 4.69) is 9.80 Å². The van der Waals surface area contributed by atoms with Gasteiger partial charge >= 0.3 is 0 Å². The lowest BCUT2D eigenvalue weighted by molar-refractivity contribution is 0.0231. The summed E-state index contributed by atoms with van der Waals surface area (Å²) in [6.45, 7) is 6.58. The number of ether oxygens (including phenoxy) is 4. The number of benzene rings is 2. The molecule has 2 aromatic carbocycles. The summed E-state index contributed by atoms with van der Waals surface area (Å²) in [6.07, 6.45) is 1.89. The van der Waals surface area contributed by atoms with Gasteiger partial charge in [-0.2, -0.15) is 0 Å². The molecular weight excluding hydrogens is 569 g/mol. The van der Waals surface area contributed by atoms with Crippen LogP contribution in [0.1, 0.15) is 17.6 Å². The van der Waals surface area contributed by atoms with Crippen LogP contribution in [0.15, 0.2) is 53.3 Å². The van der Waals surface area contributed by atoms with Crippen molar-refractivity contribution in [3.8, 4) is 5.75 Å². The lowest BCUT2D eigenvalue weighted by Crippen LogP contribution is -2.46. The molecule has 0 aliphatic carbocycles. The van der Waals surface area contributed by atoms with Crippen LogP contribution in [-0.2, 0) is 14.2 Å². The highest BCUT2D eigenvalue weighted by Gasteiger charge is 2.19. The topological polar surface area (TPSA) is 82.5 Å². The first-order chi connectivity index (χ1) is 20.0. The van der Waals surface area contributed by atoms with Crippen LogP contribution < -0.4 is 15.2 Å². The molecule has 0 radical (unpaired) electrons. The van der Waals surface area contributed by atoms with Crippen molar-refractivity contribution in [2.75, 3.05) is 84.4 Å². The van der Waals surface area contributed by atoms with Gasteiger partial charge in [0.1, 0.15) is 12.4 Å². The van der Waals surface area contributed by atoms with Crippen LogP contribution in [0.4, 0.5) is 5.69 Å². The van der Waals surface area contributed by atoms with Gasteiger partial charge in [0.15, 0.2) is 0 Å². The normalized spacial score (nSPS) is 14.1. The van der Waals surface area contributed by atoms with Gasteiger partial charge in [0.2, 0.25) is 0 Å². The molecule has 1 aromatic heterocycles. The predicted molar refractivity (Wildman–Crippen MR) is 162 cm³/mol. The molecule has 0 spiro atoms. The van der Waals surface area contributed by atoms with Gasteiger partial charge in [-0.25, -0.2) is 4.57 Å². The monoisotopic (exact) mass is 605 g/mol. The molecule has 0 atom stereocenters. The summed E-state index contributed by atoms with van der Waals surface area (Å²) in [5.41, 5.74) is 1.08. The number of unbranched alkanes of at least 4 members (excludes halogenated alkanes) is 1. The fourth-order valence-electron chi connectivity index (χ4n) is 4.72. The summed E-state index contributed by atoms with van der Waals surface area (Å²) < 4.78 is 22.8. The van der Waals surface area contributed by atoms with Crippen LogP contribution in [0, 0.1) is 0 Å². The van der Waals surface area contributed by atoms with Crippen LogP contribution >= 0.6 is 23.2 Å². The maximum absolute atomic E-state index is 12.8. The van der Waals surface area contributed by atoms with E-state index < -0.39 is 11.5 Å². The second-order valence-corrected chi connectivity index (χ2v) is 10.5. The van der Waals surface area contributed by atoms with Gasteiger partial charge in [-0.1, -0.05) is 29.3 Å². The number of methoxy groups -OCH3 is 1. The van der Waals surface area contributed by atoms with Gasteiger partial charge < -0.3 is 23.8 Å². The van der Waals surface area contributed by atoms with Gasteiger partial charge in [-0.05, 0) is 55.1 Å². The standard InChI is InChI=1S/C30H37Cl2N3O6/c1-38-17-18-39-19-20-40-22-29(37)35-27-21-24(9-7-23(27)8-10-28(35)36)41-16-3-2-11-33-12-14-34(15-13-33)26-6-4-5-25(31)30(26)32/h4-10,21H,2-3,11-20,22H2,1H3. The molecule has 11 heteroatoms. The zero-order valence-electron chi connectivity index (χ0n) is 23.4. The third-order valence-corrected chi connectivity index (χ3v) is 7.74. The van der Waals surface area contributed by atoms with E-state index in [1.165, 1.54) is 6.07 Å². The number of hydrogen-bond donors (Lipinski definition) is 0. The first kappa shape index (κ1) is 31.3.